The van der Waals surface area contributed by atoms with Gasteiger partial charge in [-0.1, -0.05) is 36.2 Å². The zero-order valence-corrected chi connectivity index (χ0v) is 22.4. The summed E-state index contributed by atoms with van der Waals surface area (Å²) in [5.41, 5.74) is 2.87. The lowest BCUT2D eigenvalue weighted by Gasteiger charge is -2.41. The molecule has 37 heavy (non-hydrogen) atoms. The number of hydrogen-bond acceptors (Lipinski definition) is 5. The van der Waals surface area contributed by atoms with E-state index in [0.717, 1.165) is 24.1 Å². The summed E-state index contributed by atoms with van der Waals surface area (Å²) in [5, 5.41) is 10.3. The van der Waals surface area contributed by atoms with Gasteiger partial charge in [-0.3, -0.25) is 19.1 Å². The summed E-state index contributed by atoms with van der Waals surface area (Å²) in [6.45, 7) is 7.63. The number of piperidine rings is 1. The molecule has 2 atom stereocenters. The van der Waals surface area contributed by atoms with Crippen LogP contribution >= 0.6 is 0 Å². The maximum atomic E-state index is 13.5. The van der Waals surface area contributed by atoms with Crippen LogP contribution in [0.25, 0.3) is 11.3 Å². The molecule has 1 aromatic heterocycles. The van der Waals surface area contributed by atoms with Gasteiger partial charge in [-0.15, -0.1) is 0 Å². The Balaban J connectivity index is 1.45. The Morgan fingerprint density at radius 1 is 1.05 bits per heavy atom. The van der Waals surface area contributed by atoms with Gasteiger partial charge >= 0.3 is 0 Å². The van der Waals surface area contributed by atoms with Crippen molar-refractivity contribution < 1.29 is 19.1 Å². The predicted octanol–water partition coefficient (Wildman–Crippen LogP) is 2.83. The Labute approximate surface area is 218 Å². The van der Waals surface area contributed by atoms with Gasteiger partial charge in [0, 0.05) is 32.8 Å². The number of ether oxygens (including phenoxy) is 1. The highest BCUT2D eigenvalue weighted by molar-refractivity contribution is 5.94. The van der Waals surface area contributed by atoms with Gasteiger partial charge in [-0.25, -0.2) is 0 Å². The van der Waals surface area contributed by atoms with Gasteiger partial charge in [0.15, 0.2) is 5.69 Å². The van der Waals surface area contributed by atoms with Crippen LogP contribution in [0.2, 0.25) is 0 Å². The standard InChI is InChI=1S/C28H39N5O4/c1-19-7-9-22(10-8-19)24-17-23(31-32(24)4)26(35)33-14-12-28(13-15-33)11-5-6-16-37-18-20(2)29-25(34)21(3)30-27(28)36/h7-10,17,20-21H,5-6,11-16,18H2,1-4H3,(H,29,34)(H,30,36)/t20-,21-/m0/s1. The molecule has 2 aromatic rings. The quantitative estimate of drug-likeness (QED) is 0.648. The van der Waals surface area contributed by atoms with Gasteiger partial charge in [0.05, 0.1) is 17.7 Å². The minimum Gasteiger partial charge on any atom is -0.379 e. The van der Waals surface area contributed by atoms with Crippen molar-refractivity contribution in [1.29, 1.82) is 0 Å². The van der Waals surface area contributed by atoms with Crippen LogP contribution in [0.4, 0.5) is 0 Å². The maximum absolute atomic E-state index is 13.5. The molecular weight excluding hydrogens is 470 g/mol. The van der Waals surface area contributed by atoms with Crippen LogP contribution in [-0.4, -0.2) is 70.8 Å². The first-order chi connectivity index (χ1) is 17.7. The van der Waals surface area contributed by atoms with E-state index >= 15 is 0 Å². The summed E-state index contributed by atoms with van der Waals surface area (Å²) in [7, 11) is 1.84. The molecule has 0 bridgehead atoms. The average molecular weight is 510 g/mol. The molecule has 3 amide bonds. The molecule has 0 unspecified atom stereocenters. The smallest absolute Gasteiger partial charge is 0.274 e. The van der Waals surface area contributed by atoms with Gasteiger partial charge in [-0.05, 0) is 58.1 Å². The van der Waals surface area contributed by atoms with E-state index < -0.39 is 11.5 Å². The average Bonchev–Trinajstić information content (AvgIpc) is 3.27. The van der Waals surface area contributed by atoms with Crippen molar-refractivity contribution in [2.24, 2.45) is 12.5 Å². The fourth-order valence-electron chi connectivity index (χ4n) is 5.21. The van der Waals surface area contributed by atoms with Crippen molar-refractivity contribution in [1.82, 2.24) is 25.3 Å². The van der Waals surface area contributed by atoms with E-state index in [1.54, 1.807) is 16.5 Å². The molecule has 9 nitrogen and oxygen atoms in total. The highest BCUT2D eigenvalue weighted by atomic mass is 16.5. The Hall–Kier alpha value is -3.20. The second-order valence-corrected chi connectivity index (χ2v) is 10.6. The van der Waals surface area contributed by atoms with Crippen molar-refractivity contribution in [3.63, 3.8) is 0 Å². The molecule has 2 fully saturated rings. The molecule has 1 aromatic carbocycles. The first-order valence-corrected chi connectivity index (χ1v) is 13.3. The van der Waals surface area contributed by atoms with E-state index in [1.165, 1.54) is 5.56 Å². The summed E-state index contributed by atoms with van der Waals surface area (Å²) in [6, 6.07) is 9.23. The van der Waals surface area contributed by atoms with Gasteiger partial charge in [0.25, 0.3) is 5.91 Å². The van der Waals surface area contributed by atoms with Gasteiger partial charge in [0.2, 0.25) is 11.8 Å². The number of amides is 3. The number of aromatic nitrogens is 2. The number of rotatable bonds is 2. The summed E-state index contributed by atoms with van der Waals surface area (Å²) in [5.74, 6) is -0.440. The van der Waals surface area contributed by atoms with Crippen LogP contribution in [0.5, 0.6) is 0 Å². The third-order valence-corrected chi connectivity index (χ3v) is 7.63. The molecule has 0 aliphatic carbocycles. The number of aryl methyl sites for hydroxylation is 2. The lowest BCUT2D eigenvalue weighted by atomic mass is 9.73. The van der Waals surface area contributed by atoms with Gasteiger partial charge in [0.1, 0.15) is 6.04 Å². The molecule has 1 spiro atoms. The second-order valence-electron chi connectivity index (χ2n) is 10.6. The molecule has 9 heteroatoms. The highest BCUT2D eigenvalue weighted by Gasteiger charge is 2.43. The first-order valence-electron chi connectivity index (χ1n) is 13.3. The van der Waals surface area contributed by atoms with Crippen molar-refractivity contribution in [3.8, 4) is 11.3 Å². The number of likely N-dealkylation sites (tertiary alicyclic amines) is 1. The number of hydrogen-bond donors (Lipinski definition) is 2. The normalized spacial score (nSPS) is 23.4. The van der Waals surface area contributed by atoms with Crippen LogP contribution < -0.4 is 10.6 Å². The van der Waals surface area contributed by atoms with E-state index in [4.69, 9.17) is 4.74 Å². The van der Waals surface area contributed by atoms with Gasteiger partial charge in [-0.2, -0.15) is 5.10 Å². The van der Waals surface area contributed by atoms with Crippen LogP contribution in [0.1, 0.15) is 62.0 Å². The minimum absolute atomic E-state index is 0.102. The third kappa shape index (κ3) is 6.21. The lowest BCUT2D eigenvalue weighted by molar-refractivity contribution is -0.137. The number of carbonyl (C=O) groups is 3. The monoisotopic (exact) mass is 509 g/mol. The Morgan fingerprint density at radius 2 is 1.76 bits per heavy atom. The van der Waals surface area contributed by atoms with Crippen molar-refractivity contribution in [2.75, 3.05) is 26.3 Å². The second kappa shape index (κ2) is 11.5. The predicted molar refractivity (Wildman–Crippen MR) is 141 cm³/mol. The van der Waals surface area contributed by atoms with E-state index in [1.807, 2.05) is 51.2 Å². The van der Waals surface area contributed by atoms with Crippen LogP contribution in [0.15, 0.2) is 30.3 Å². The zero-order valence-electron chi connectivity index (χ0n) is 22.4. The van der Waals surface area contributed by atoms with E-state index in [-0.39, 0.29) is 23.8 Å². The van der Waals surface area contributed by atoms with Crippen LogP contribution in [0.3, 0.4) is 0 Å². The Kier molecular flexibility index (Phi) is 8.32. The molecule has 4 rings (SSSR count). The van der Waals surface area contributed by atoms with Crippen molar-refractivity contribution >= 4 is 17.7 Å². The van der Waals surface area contributed by atoms with Crippen molar-refractivity contribution in [2.45, 2.75) is 65.0 Å². The molecule has 0 saturated carbocycles. The number of nitrogens with one attached hydrogen (secondary N) is 2. The maximum Gasteiger partial charge on any atom is 0.274 e. The SMILES string of the molecule is Cc1ccc(-c2cc(C(=O)N3CCC4(CCCCOC[C@H](C)NC(=O)[C@H](C)NC4=O)CC3)nn2C)cc1. The molecule has 2 aliphatic heterocycles. The first kappa shape index (κ1) is 26.9. The number of carbonyl (C=O) groups excluding carboxylic acids is 3. The molecule has 2 saturated heterocycles. The third-order valence-electron chi connectivity index (χ3n) is 7.63. The van der Waals surface area contributed by atoms with E-state index in [9.17, 15) is 14.4 Å². The highest BCUT2D eigenvalue weighted by Crippen LogP contribution is 2.38. The fraction of sp³-hybridized carbons (Fsp3) is 0.571. The van der Waals surface area contributed by atoms with Crippen LogP contribution in [0, 0.1) is 12.3 Å². The lowest BCUT2D eigenvalue weighted by Crippen LogP contribution is -2.55. The molecule has 3 heterocycles. The minimum atomic E-state index is -0.638. The summed E-state index contributed by atoms with van der Waals surface area (Å²) < 4.78 is 7.45. The topological polar surface area (TPSA) is 106 Å². The largest absolute Gasteiger partial charge is 0.379 e. The van der Waals surface area contributed by atoms with Gasteiger partial charge < -0.3 is 20.3 Å². The number of nitrogens with zero attached hydrogens (tertiary/aromatic N) is 3. The molecule has 2 N–H and O–H groups in total. The summed E-state index contributed by atoms with van der Waals surface area (Å²) in [4.78, 5) is 41.2. The molecular formula is C28H39N5O4. The van der Waals surface area contributed by atoms with E-state index in [0.29, 0.717) is 51.3 Å². The zero-order chi connectivity index (χ0) is 26.6. The Bertz CT molecular complexity index is 1120. The Morgan fingerprint density at radius 3 is 2.46 bits per heavy atom. The molecule has 0 radical (unpaired) electrons. The summed E-state index contributed by atoms with van der Waals surface area (Å²) in [6.07, 6.45) is 3.51. The summed E-state index contributed by atoms with van der Waals surface area (Å²) >= 11 is 0. The number of benzene rings is 1. The van der Waals surface area contributed by atoms with E-state index in [2.05, 4.69) is 15.7 Å². The van der Waals surface area contributed by atoms with Crippen LogP contribution in [-0.2, 0) is 21.4 Å². The molecule has 200 valence electrons. The fourth-order valence-corrected chi connectivity index (χ4v) is 5.21. The van der Waals surface area contributed by atoms with Crippen molar-refractivity contribution in [3.05, 3.63) is 41.6 Å². The molecule has 2 aliphatic rings.